The molecule has 0 atom stereocenters. The predicted molar refractivity (Wildman–Crippen MR) is 94.2 cm³/mol. The highest BCUT2D eigenvalue weighted by molar-refractivity contribution is 5.61. The van der Waals surface area contributed by atoms with Crippen LogP contribution in [0.15, 0.2) is 42.9 Å². The largest absolute Gasteiger partial charge is 0.394 e. The van der Waals surface area contributed by atoms with Crippen molar-refractivity contribution < 1.29 is 0 Å². The number of hydrogen-bond donors (Lipinski definition) is 1. The molecule has 2 N–H and O–H groups in total. The topological polar surface area (TPSA) is 58.3 Å². The zero-order valence-electron chi connectivity index (χ0n) is 13.7. The quantitative estimate of drug-likeness (QED) is 0.919. The van der Waals surface area contributed by atoms with Crippen molar-refractivity contribution in [3.8, 4) is 0 Å². The monoisotopic (exact) mass is 311 g/mol. The third kappa shape index (κ3) is 3.79. The van der Waals surface area contributed by atoms with Gasteiger partial charge in [-0.05, 0) is 25.3 Å². The fourth-order valence-electron chi connectivity index (χ4n) is 3.39. The van der Waals surface area contributed by atoms with E-state index in [9.17, 15) is 0 Å². The van der Waals surface area contributed by atoms with Gasteiger partial charge in [0.25, 0.3) is 0 Å². The van der Waals surface area contributed by atoms with Gasteiger partial charge in [0.2, 0.25) is 0 Å². The molecule has 122 valence electrons. The average Bonchev–Trinajstić information content (AvgIpc) is 2.59. The van der Waals surface area contributed by atoms with Crippen molar-refractivity contribution in [2.75, 3.05) is 30.3 Å². The van der Waals surface area contributed by atoms with Crippen LogP contribution in [0.5, 0.6) is 0 Å². The van der Waals surface area contributed by atoms with Crippen LogP contribution in [-0.4, -0.2) is 40.5 Å². The Morgan fingerprint density at radius 3 is 2.61 bits per heavy atom. The van der Waals surface area contributed by atoms with E-state index in [1.165, 1.54) is 5.56 Å². The van der Waals surface area contributed by atoms with Crippen LogP contribution in [0.4, 0.5) is 11.5 Å². The number of likely N-dealkylation sites (tertiary alicyclic amines) is 1. The Morgan fingerprint density at radius 1 is 1.22 bits per heavy atom. The summed E-state index contributed by atoms with van der Waals surface area (Å²) in [6.07, 6.45) is 5.56. The Bertz CT molecular complexity index is 608. The van der Waals surface area contributed by atoms with Gasteiger partial charge in [0.1, 0.15) is 6.33 Å². The minimum Gasteiger partial charge on any atom is -0.394 e. The molecular formula is C18H25N5. The second-order valence-corrected chi connectivity index (χ2v) is 6.08. The van der Waals surface area contributed by atoms with E-state index in [0.717, 1.165) is 44.8 Å². The second-order valence-electron chi connectivity index (χ2n) is 6.08. The summed E-state index contributed by atoms with van der Waals surface area (Å²) in [5.74, 6) is 0.879. The van der Waals surface area contributed by atoms with E-state index in [1.807, 2.05) is 0 Å². The van der Waals surface area contributed by atoms with Crippen molar-refractivity contribution in [2.45, 2.75) is 32.4 Å². The van der Waals surface area contributed by atoms with Crippen LogP contribution in [0, 0.1) is 0 Å². The van der Waals surface area contributed by atoms with E-state index in [0.29, 0.717) is 11.7 Å². The molecule has 3 rings (SSSR count). The van der Waals surface area contributed by atoms with E-state index in [2.05, 4.69) is 57.0 Å². The zero-order chi connectivity index (χ0) is 16.1. The number of piperidine rings is 1. The van der Waals surface area contributed by atoms with Crippen LogP contribution in [0.2, 0.25) is 0 Å². The summed E-state index contributed by atoms with van der Waals surface area (Å²) in [6.45, 7) is 6.35. The number of hydrogen-bond acceptors (Lipinski definition) is 5. The Balaban J connectivity index is 1.60. The van der Waals surface area contributed by atoms with E-state index in [4.69, 9.17) is 5.73 Å². The fraction of sp³-hybridized carbons (Fsp3) is 0.444. The SMILES string of the molecule is CCN(c1ncncc1N)C1CCN(Cc2ccccc2)CC1. The van der Waals surface area contributed by atoms with Crippen LogP contribution in [0.3, 0.4) is 0 Å². The summed E-state index contributed by atoms with van der Waals surface area (Å²) in [5, 5.41) is 0. The van der Waals surface area contributed by atoms with E-state index >= 15 is 0 Å². The number of benzene rings is 1. The molecule has 1 saturated heterocycles. The molecule has 5 heteroatoms. The van der Waals surface area contributed by atoms with Gasteiger partial charge in [-0.1, -0.05) is 30.3 Å². The summed E-state index contributed by atoms with van der Waals surface area (Å²) in [5.41, 5.74) is 8.11. The van der Waals surface area contributed by atoms with Gasteiger partial charge in [-0.2, -0.15) is 0 Å². The first-order chi connectivity index (χ1) is 11.3. The first-order valence-electron chi connectivity index (χ1n) is 8.36. The van der Waals surface area contributed by atoms with Gasteiger partial charge < -0.3 is 10.6 Å². The van der Waals surface area contributed by atoms with Crippen LogP contribution >= 0.6 is 0 Å². The number of aromatic nitrogens is 2. The lowest BCUT2D eigenvalue weighted by Gasteiger charge is -2.39. The number of nitrogen functional groups attached to an aromatic ring is 1. The molecule has 0 unspecified atom stereocenters. The molecule has 1 aliphatic heterocycles. The molecule has 2 heterocycles. The molecule has 1 aromatic heterocycles. The predicted octanol–water partition coefficient (Wildman–Crippen LogP) is 2.55. The minimum absolute atomic E-state index is 0.504. The number of nitrogens with zero attached hydrogens (tertiary/aromatic N) is 4. The molecule has 1 aliphatic rings. The lowest BCUT2D eigenvalue weighted by Crippen LogP contribution is -2.45. The Kier molecular flexibility index (Phi) is 5.08. The van der Waals surface area contributed by atoms with Crippen LogP contribution in [0.1, 0.15) is 25.3 Å². The lowest BCUT2D eigenvalue weighted by molar-refractivity contribution is 0.201. The van der Waals surface area contributed by atoms with E-state index < -0.39 is 0 Å². The van der Waals surface area contributed by atoms with Crippen molar-refractivity contribution in [3.63, 3.8) is 0 Å². The third-order valence-electron chi connectivity index (χ3n) is 4.58. The molecule has 0 bridgehead atoms. The first kappa shape index (κ1) is 15.7. The van der Waals surface area contributed by atoms with Crippen molar-refractivity contribution >= 4 is 11.5 Å². The van der Waals surface area contributed by atoms with Gasteiger partial charge in [-0.15, -0.1) is 0 Å². The molecule has 2 aromatic rings. The standard InChI is InChI=1S/C18H25N5/c1-2-23(18-17(19)12-20-14-21-18)16-8-10-22(11-9-16)13-15-6-4-3-5-7-15/h3-7,12,14,16H,2,8-11,13,19H2,1H3. The molecule has 1 aromatic carbocycles. The average molecular weight is 311 g/mol. The highest BCUT2D eigenvalue weighted by Crippen LogP contribution is 2.26. The lowest BCUT2D eigenvalue weighted by atomic mass is 10.0. The van der Waals surface area contributed by atoms with Crippen LogP contribution in [0.25, 0.3) is 0 Å². The molecule has 0 aliphatic carbocycles. The highest BCUT2D eigenvalue weighted by Gasteiger charge is 2.25. The number of anilines is 2. The molecule has 5 nitrogen and oxygen atoms in total. The van der Waals surface area contributed by atoms with Crippen molar-refractivity contribution in [1.29, 1.82) is 0 Å². The van der Waals surface area contributed by atoms with Crippen molar-refractivity contribution in [3.05, 3.63) is 48.4 Å². The molecule has 0 amide bonds. The second kappa shape index (κ2) is 7.42. The molecule has 1 fully saturated rings. The summed E-state index contributed by atoms with van der Waals surface area (Å²) < 4.78 is 0. The molecule has 0 saturated carbocycles. The Hall–Kier alpha value is -2.14. The van der Waals surface area contributed by atoms with Gasteiger partial charge in [-0.3, -0.25) is 4.90 Å². The fourth-order valence-corrected chi connectivity index (χ4v) is 3.39. The van der Waals surface area contributed by atoms with E-state index in [-0.39, 0.29) is 0 Å². The maximum absolute atomic E-state index is 6.06. The maximum Gasteiger partial charge on any atom is 0.155 e. The van der Waals surface area contributed by atoms with Gasteiger partial charge in [0.05, 0.1) is 11.9 Å². The molecule has 0 spiro atoms. The summed E-state index contributed by atoms with van der Waals surface area (Å²) in [7, 11) is 0. The molecule has 23 heavy (non-hydrogen) atoms. The van der Waals surface area contributed by atoms with Crippen LogP contribution in [-0.2, 0) is 6.54 Å². The number of nitrogens with two attached hydrogens (primary N) is 1. The minimum atomic E-state index is 0.504. The van der Waals surface area contributed by atoms with Gasteiger partial charge >= 0.3 is 0 Å². The van der Waals surface area contributed by atoms with Gasteiger partial charge in [0.15, 0.2) is 5.82 Å². The zero-order valence-corrected chi connectivity index (χ0v) is 13.7. The van der Waals surface area contributed by atoms with Crippen molar-refractivity contribution in [1.82, 2.24) is 14.9 Å². The molecular weight excluding hydrogens is 286 g/mol. The summed E-state index contributed by atoms with van der Waals surface area (Å²) in [6, 6.07) is 11.2. The van der Waals surface area contributed by atoms with E-state index in [1.54, 1.807) is 12.5 Å². The van der Waals surface area contributed by atoms with Gasteiger partial charge in [0, 0.05) is 32.2 Å². The maximum atomic E-state index is 6.06. The smallest absolute Gasteiger partial charge is 0.155 e. The number of rotatable bonds is 5. The Labute approximate surface area is 138 Å². The van der Waals surface area contributed by atoms with Gasteiger partial charge in [-0.25, -0.2) is 9.97 Å². The Morgan fingerprint density at radius 2 is 1.96 bits per heavy atom. The van der Waals surface area contributed by atoms with Crippen LogP contribution < -0.4 is 10.6 Å². The summed E-state index contributed by atoms with van der Waals surface area (Å²) in [4.78, 5) is 13.2. The first-order valence-corrected chi connectivity index (χ1v) is 8.36. The highest BCUT2D eigenvalue weighted by atomic mass is 15.2. The summed E-state index contributed by atoms with van der Waals surface area (Å²) >= 11 is 0. The van der Waals surface area contributed by atoms with Crippen molar-refractivity contribution in [2.24, 2.45) is 0 Å². The third-order valence-corrected chi connectivity index (χ3v) is 4.58. The molecule has 0 radical (unpaired) electrons. The normalized spacial score (nSPS) is 16.4.